The lowest BCUT2D eigenvalue weighted by Crippen LogP contribution is -2.49. The molecule has 0 bridgehead atoms. The summed E-state index contributed by atoms with van der Waals surface area (Å²) in [5, 5.41) is -0.0531. The van der Waals surface area contributed by atoms with Crippen LogP contribution < -0.4 is 0 Å². The summed E-state index contributed by atoms with van der Waals surface area (Å²) in [5.41, 5.74) is 2.97. The molecule has 2 aliphatic carbocycles. The zero-order valence-electron chi connectivity index (χ0n) is 28.3. The largest absolute Gasteiger partial charge is 0.455 e. The molecule has 4 aliphatic rings. The minimum absolute atomic E-state index is 0.0421. The van der Waals surface area contributed by atoms with Crippen molar-refractivity contribution in [3.8, 4) is 0 Å². The Kier molecular flexibility index (Phi) is 8.30. The van der Waals surface area contributed by atoms with E-state index in [-0.39, 0.29) is 28.4 Å². The highest BCUT2D eigenvalue weighted by Gasteiger charge is 2.59. The van der Waals surface area contributed by atoms with E-state index in [0.29, 0.717) is 38.0 Å². The van der Waals surface area contributed by atoms with Crippen molar-refractivity contribution in [1.29, 1.82) is 0 Å². The SMILES string of the molecule is CC(=O)O[C@H]1c2nc(C(C)C)c3c(c2[C@@H](O[Si](C)(C)C(C)(C)C)CC12CCC2)C1(CCOCC1)O[C@@H]3c1ccc(C(F)(F)F)nc1. The summed E-state index contributed by atoms with van der Waals surface area (Å²) in [6.07, 6.45) is 0.0253. The molecule has 7 nitrogen and oxygen atoms in total. The Balaban J connectivity index is 1.64. The van der Waals surface area contributed by atoms with E-state index in [0.717, 1.165) is 53.4 Å². The monoisotopic (exact) mass is 660 g/mol. The van der Waals surface area contributed by atoms with E-state index in [1.54, 1.807) is 0 Å². The number of fused-ring (bicyclic) bond motifs is 4. The maximum Gasteiger partial charge on any atom is 0.433 e. The molecule has 2 aromatic heterocycles. The second kappa shape index (κ2) is 11.4. The average molecular weight is 661 g/mol. The summed E-state index contributed by atoms with van der Waals surface area (Å²) in [6, 6.07) is 2.50. The number of carbonyl (C=O) groups excluding carboxylic acids is 1. The number of aromatic nitrogens is 2. The quantitative estimate of drug-likeness (QED) is 0.234. The van der Waals surface area contributed by atoms with E-state index in [1.807, 2.05) is 0 Å². The highest BCUT2D eigenvalue weighted by Crippen LogP contribution is 2.65. The standard InChI is InChI=1S/C35H47F3N2O5Si/c1-20(2)28-26-27(34(14-16-42-17-15-34)44-30(26)22-10-11-24(39-19-22)35(36,37)38)25-23(45-46(7,8)32(4,5)6)18-33(12-9-13-33)31(29(25)40-28)43-21(3)41/h10-11,19-20,23,30-31H,9,12-18H2,1-8H3/t23-,30+,31-/m0/s1. The van der Waals surface area contributed by atoms with Gasteiger partial charge in [-0.1, -0.05) is 47.1 Å². The molecule has 3 atom stereocenters. The van der Waals surface area contributed by atoms with Crippen molar-refractivity contribution >= 4 is 14.3 Å². The molecule has 252 valence electrons. The third-order valence-electron chi connectivity index (χ3n) is 11.2. The fraction of sp³-hybridized carbons (Fsp3) is 0.686. The van der Waals surface area contributed by atoms with E-state index in [2.05, 4.69) is 52.7 Å². The molecule has 2 fully saturated rings. The van der Waals surface area contributed by atoms with Gasteiger partial charge in [0.25, 0.3) is 0 Å². The zero-order chi connectivity index (χ0) is 33.4. The van der Waals surface area contributed by atoms with Gasteiger partial charge in [-0.15, -0.1) is 0 Å². The Morgan fingerprint density at radius 2 is 1.74 bits per heavy atom. The van der Waals surface area contributed by atoms with Gasteiger partial charge in [0.15, 0.2) is 8.32 Å². The molecule has 2 aliphatic heterocycles. The van der Waals surface area contributed by atoms with Gasteiger partial charge < -0.3 is 18.6 Å². The smallest absolute Gasteiger partial charge is 0.433 e. The lowest BCUT2D eigenvalue weighted by atomic mass is 9.57. The molecular formula is C35H47F3N2O5Si. The molecular weight excluding hydrogens is 613 g/mol. The lowest BCUT2D eigenvalue weighted by Gasteiger charge is -2.54. The van der Waals surface area contributed by atoms with Gasteiger partial charge in [-0.25, -0.2) is 0 Å². The van der Waals surface area contributed by atoms with Crippen LogP contribution in [0.3, 0.4) is 0 Å². The molecule has 2 spiro atoms. The van der Waals surface area contributed by atoms with Crippen LogP contribution in [0.2, 0.25) is 18.1 Å². The molecule has 46 heavy (non-hydrogen) atoms. The molecule has 1 saturated carbocycles. The molecule has 0 radical (unpaired) electrons. The van der Waals surface area contributed by atoms with Crippen LogP contribution in [0.15, 0.2) is 18.3 Å². The Morgan fingerprint density at radius 1 is 1.07 bits per heavy atom. The van der Waals surface area contributed by atoms with Gasteiger partial charge in [0, 0.05) is 67.0 Å². The highest BCUT2D eigenvalue weighted by atomic mass is 28.4. The Hall–Kier alpha value is -2.34. The minimum Gasteiger partial charge on any atom is -0.455 e. The van der Waals surface area contributed by atoms with Crippen LogP contribution in [-0.2, 0) is 35.2 Å². The summed E-state index contributed by atoms with van der Waals surface area (Å²) < 4.78 is 67.0. The first-order valence-corrected chi connectivity index (χ1v) is 19.5. The zero-order valence-corrected chi connectivity index (χ0v) is 29.3. The summed E-state index contributed by atoms with van der Waals surface area (Å²) >= 11 is 0. The predicted octanol–water partition coefficient (Wildman–Crippen LogP) is 8.99. The number of rotatable bonds is 5. The summed E-state index contributed by atoms with van der Waals surface area (Å²) in [6.45, 7) is 17.8. The maximum atomic E-state index is 13.5. The molecule has 6 rings (SSSR count). The highest BCUT2D eigenvalue weighted by molar-refractivity contribution is 6.74. The van der Waals surface area contributed by atoms with Crippen molar-refractivity contribution in [2.24, 2.45) is 5.41 Å². The number of hydrogen-bond donors (Lipinski definition) is 0. The van der Waals surface area contributed by atoms with Crippen molar-refractivity contribution in [2.45, 2.75) is 134 Å². The molecule has 0 N–H and O–H groups in total. The fourth-order valence-electron chi connectivity index (χ4n) is 7.69. The second-order valence-electron chi connectivity index (χ2n) is 15.6. The second-order valence-corrected chi connectivity index (χ2v) is 20.4. The first-order valence-electron chi connectivity index (χ1n) is 16.6. The van der Waals surface area contributed by atoms with E-state index in [9.17, 15) is 18.0 Å². The van der Waals surface area contributed by atoms with E-state index >= 15 is 0 Å². The van der Waals surface area contributed by atoms with Crippen molar-refractivity contribution < 1.29 is 36.6 Å². The predicted molar refractivity (Wildman–Crippen MR) is 169 cm³/mol. The minimum atomic E-state index is -4.55. The number of hydrogen-bond acceptors (Lipinski definition) is 7. The number of nitrogens with zero attached hydrogens (tertiary/aromatic N) is 2. The molecule has 0 unspecified atom stereocenters. The van der Waals surface area contributed by atoms with Gasteiger partial charge in [-0.3, -0.25) is 14.8 Å². The topological polar surface area (TPSA) is 79.8 Å². The lowest BCUT2D eigenvalue weighted by molar-refractivity contribution is -0.167. The first-order chi connectivity index (χ1) is 21.4. The van der Waals surface area contributed by atoms with Gasteiger partial charge in [0.2, 0.25) is 0 Å². The van der Waals surface area contributed by atoms with Crippen LogP contribution in [0.5, 0.6) is 0 Å². The van der Waals surface area contributed by atoms with Crippen molar-refractivity contribution in [3.63, 3.8) is 0 Å². The number of pyridine rings is 2. The van der Waals surface area contributed by atoms with Gasteiger partial charge in [-0.2, -0.15) is 13.2 Å². The molecule has 0 aromatic carbocycles. The van der Waals surface area contributed by atoms with Gasteiger partial charge in [0.05, 0.1) is 17.4 Å². The Morgan fingerprint density at radius 3 is 2.24 bits per heavy atom. The molecule has 0 amide bonds. The van der Waals surface area contributed by atoms with Crippen molar-refractivity contribution in [2.75, 3.05) is 13.2 Å². The van der Waals surface area contributed by atoms with Gasteiger partial charge >= 0.3 is 12.1 Å². The summed E-state index contributed by atoms with van der Waals surface area (Å²) in [7, 11) is -2.32. The van der Waals surface area contributed by atoms with E-state index < -0.39 is 38.0 Å². The maximum absolute atomic E-state index is 13.5. The first kappa shape index (κ1) is 33.6. The average Bonchev–Trinajstić information content (AvgIpc) is 3.25. The fourth-order valence-corrected chi connectivity index (χ4v) is 8.96. The van der Waals surface area contributed by atoms with Crippen LogP contribution in [0.1, 0.15) is 144 Å². The van der Waals surface area contributed by atoms with Crippen molar-refractivity contribution in [1.82, 2.24) is 9.97 Å². The van der Waals surface area contributed by atoms with Crippen molar-refractivity contribution in [3.05, 3.63) is 57.7 Å². The normalized spacial score (nSPS) is 25.3. The van der Waals surface area contributed by atoms with Gasteiger partial charge in [-0.05, 0) is 54.9 Å². The van der Waals surface area contributed by atoms with E-state index in [1.165, 1.54) is 19.2 Å². The van der Waals surface area contributed by atoms with Crippen LogP contribution in [-0.4, -0.2) is 37.5 Å². The summed E-state index contributed by atoms with van der Waals surface area (Å²) in [4.78, 5) is 21.9. The number of carbonyl (C=O) groups is 1. The summed E-state index contributed by atoms with van der Waals surface area (Å²) in [5.74, 6) is -0.385. The molecule has 4 heterocycles. The van der Waals surface area contributed by atoms with Crippen LogP contribution >= 0.6 is 0 Å². The number of halogens is 3. The van der Waals surface area contributed by atoms with Crippen LogP contribution in [0.4, 0.5) is 13.2 Å². The van der Waals surface area contributed by atoms with E-state index in [4.69, 9.17) is 23.6 Å². The number of ether oxygens (including phenoxy) is 3. The third kappa shape index (κ3) is 5.52. The molecule has 1 saturated heterocycles. The number of alkyl halides is 3. The molecule has 2 aromatic rings. The third-order valence-corrected chi connectivity index (χ3v) is 15.7. The molecule has 11 heteroatoms. The van der Waals surface area contributed by atoms with Crippen LogP contribution in [0, 0.1) is 5.41 Å². The van der Waals surface area contributed by atoms with Crippen LogP contribution in [0.25, 0.3) is 0 Å². The number of esters is 1. The van der Waals surface area contributed by atoms with Gasteiger partial charge in [0.1, 0.15) is 17.9 Å². The Labute approximate surface area is 271 Å². The Bertz CT molecular complexity index is 1490.